The molecular weight excluding hydrogens is 176 g/mol. The first-order valence-electron chi connectivity index (χ1n) is 5.38. The SMILES string of the molecule is CN(C)C(=O)NCC1CCCC1(C)C. The Morgan fingerprint density at radius 2 is 2.14 bits per heavy atom. The van der Waals surface area contributed by atoms with E-state index in [1.807, 2.05) is 0 Å². The molecule has 0 aliphatic heterocycles. The van der Waals surface area contributed by atoms with E-state index < -0.39 is 0 Å². The van der Waals surface area contributed by atoms with Crippen LogP contribution in [-0.2, 0) is 0 Å². The number of nitrogens with zero attached hydrogens (tertiary/aromatic N) is 1. The van der Waals surface area contributed by atoms with Gasteiger partial charge in [-0.2, -0.15) is 0 Å². The highest BCUT2D eigenvalue weighted by Gasteiger charge is 2.34. The zero-order valence-electron chi connectivity index (χ0n) is 9.76. The van der Waals surface area contributed by atoms with Gasteiger partial charge in [0.05, 0.1) is 0 Å². The van der Waals surface area contributed by atoms with Gasteiger partial charge in [0.2, 0.25) is 0 Å². The highest BCUT2D eigenvalue weighted by molar-refractivity contribution is 5.73. The van der Waals surface area contributed by atoms with Crippen molar-refractivity contribution in [3.8, 4) is 0 Å². The molecule has 1 N–H and O–H groups in total. The van der Waals surface area contributed by atoms with Crippen molar-refractivity contribution in [2.45, 2.75) is 33.1 Å². The van der Waals surface area contributed by atoms with Crippen LogP contribution in [0.1, 0.15) is 33.1 Å². The molecule has 1 unspecified atom stereocenters. The Morgan fingerprint density at radius 1 is 1.50 bits per heavy atom. The van der Waals surface area contributed by atoms with Crippen molar-refractivity contribution in [1.29, 1.82) is 0 Å². The van der Waals surface area contributed by atoms with Gasteiger partial charge in [0.25, 0.3) is 0 Å². The number of amides is 2. The molecule has 0 heterocycles. The summed E-state index contributed by atoms with van der Waals surface area (Å²) >= 11 is 0. The molecule has 1 saturated carbocycles. The van der Waals surface area contributed by atoms with Gasteiger partial charge in [0, 0.05) is 20.6 Å². The molecule has 1 aliphatic carbocycles. The summed E-state index contributed by atoms with van der Waals surface area (Å²) < 4.78 is 0. The Balaban J connectivity index is 2.35. The molecule has 0 aromatic heterocycles. The van der Waals surface area contributed by atoms with Crippen molar-refractivity contribution in [2.24, 2.45) is 11.3 Å². The first-order valence-corrected chi connectivity index (χ1v) is 5.38. The molecule has 1 aliphatic rings. The van der Waals surface area contributed by atoms with Crippen molar-refractivity contribution in [1.82, 2.24) is 10.2 Å². The summed E-state index contributed by atoms with van der Waals surface area (Å²) in [5.41, 5.74) is 0.402. The topological polar surface area (TPSA) is 32.3 Å². The minimum Gasteiger partial charge on any atom is -0.338 e. The lowest BCUT2D eigenvalue weighted by atomic mass is 9.82. The summed E-state index contributed by atoms with van der Waals surface area (Å²) in [6.07, 6.45) is 3.84. The maximum absolute atomic E-state index is 11.3. The zero-order chi connectivity index (χ0) is 10.8. The van der Waals surface area contributed by atoms with E-state index in [9.17, 15) is 4.79 Å². The van der Waals surface area contributed by atoms with Gasteiger partial charge in [-0.1, -0.05) is 20.3 Å². The molecule has 0 radical (unpaired) electrons. The number of hydrogen-bond acceptors (Lipinski definition) is 1. The van der Waals surface area contributed by atoms with Gasteiger partial charge in [-0.25, -0.2) is 4.79 Å². The number of carbonyl (C=O) groups is 1. The third kappa shape index (κ3) is 2.63. The maximum atomic E-state index is 11.3. The summed E-state index contributed by atoms with van der Waals surface area (Å²) in [6, 6.07) is 0.0210. The third-order valence-corrected chi connectivity index (χ3v) is 3.38. The van der Waals surface area contributed by atoms with E-state index in [1.54, 1.807) is 19.0 Å². The van der Waals surface area contributed by atoms with E-state index in [0.717, 1.165) is 6.54 Å². The standard InChI is InChI=1S/C11H22N2O/c1-11(2)7-5-6-9(11)8-12-10(14)13(3)4/h9H,5-8H2,1-4H3,(H,12,14). The maximum Gasteiger partial charge on any atom is 0.316 e. The van der Waals surface area contributed by atoms with Crippen LogP contribution in [0.4, 0.5) is 4.79 Å². The van der Waals surface area contributed by atoms with Crippen LogP contribution >= 0.6 is 0 Å². The fourth-order valence-electron chi connectivity index (χ4n) is 2.15. The van der Waals surface area contributed by atoms with Crippen LogP contribution in [0.3, 0.4) is 0 Å². The Bertz CT molecular complexity index is 211. The molecule has 1 fully saturated rings. The zero-order valence-corrected chi connectivity index (χ0v) is 9.76. The van der Waals surface area contributed by atoms with Crippen LogP contribution in [0.5, 0.6) is 0 Å². The Kier molecular flexibility index (Phi) is 3.40. The van der Waals surface area contributed by atoms with Crippen molar-refractivity contribution in [3.63, 3.8) is 0 Å². The third-order valence-electron chi connectivity index (χ3n) is 3.38. The fraction of sp³-hybridized carbons (Fsp3) is 0.909. The summed E-state index contributed by atoms with van der Waals surface area (Å²) in [4.78, 5) is 12.9. The van der Waals surface area contributed by atoms with Crippen LogP contribution in [0.15, 0.2) is 0 Å². The molecule has 1 rings (SSSR count). The molecule has 82 valence electrons. The first-order chi connectivity index (χ1) is 6.43. The van der Waals surface area contributed by atoms with Crippen LogP contribution in [0.2, 0.25) is 0 Å². The molecule has 2 amide bonds. The average molecular weight is 198 g/mol. The molecule has 3 heteroatoms. The molecule has 0 spiro atoms. The van der Waals surface area contributed by atoms with E-state index in [0.29, 0.717) is 11.3 Å². The quantitative estimate of drug-likeness (QED) is 0.724. The van der Waals surface area contributed by atoms with Crippen molar-refractivity contribution >= 4 is 6.03 Å². The smallest absolute Gasteiger partial charge is 0.316 e. The van der Waals surface area contributed by atoms with Gasteiger partial charge in [-0.05, 0) is 24.2 Å². The highest BCUT2D eigenvalue weighted by Crippen LogP contribution is 2.41. The van der Waals surface area contributed by atoms with E-state index >= 15 is 0 Å². The van der Waals surface area contributed by atoms with Crippen LogP contribution in [0.25, 0.3) is 0 Å². The predicted octanol–water partition coefficient (Wildman–Crippen LogP) is 2.08. The minimum absolute atomic E-state index is 0.0210. The number of rotatable bonds is 2. The Hall–Kier alpha value is -0.730. The molecule has 1 atom stereocenters. The lowest BCUT2D eigenvalue weighted by molar-refractivity contribution is 0.205. The molecule has 0 aromatic rings. The molecular formula is C11H22N2O. The van der Waals surface area contributed by atoms with Crippen molar-refractivity contribution in [2.75, 3.05) is 20.6 Å². The van der Waals surface area contributed by atoms with Gasteiger partial charge in [0.15, 0.2) is 0 Å². The Labute approximate surface area is 86.9 Å². The monoisotopic (exact) mass is 198 g/mol. The summed E-state index contributed by atoms with van der Waals surface area (Å²) in [5, 5.41) is 2.97. The van der Waals surface area contributed by atoms with Gasteiger partial charge in [-0.15, -0.1) is 0 Å². The first kappa shape index (κ1) is 11.3. The summed E-state index contributed by atoms with van der Waals surface area (Å²) in [5.74, 6) is 0.645. The molecule has 0 aromatic carbocycles. The normalized spacial score (nSPS) is 24.7. The number of carbonyl (C=O) groups excluding carboxylic acids is 1. The molecule has 0 bridgehead atoms. The van der Waals surface area contributed by atoms with Crippen LogP contribution in [-0.4, -0.2) is 31.6 Å². The van der Waals surface area contributed by atoms with Gasteiger partial charge < -0.3 is 10.2 Å². The highest BCUT2D eigenvalue weighted by atomic mass is 16.2. The van der Waals surface area contributed by atoms with Crippen LogP contribution in [0, 0.1) is 11.3 Å². The largest absolute Gasteiger partial charge is 0.338 e. The number of urea groups is 1. The fourth-order valence-corrected chi connectivity index (χ4v) is 2.15. The molecule has 14 heavy (non-hydrogen) atoms. The molecule has 3 nitrogen and oxygen atoms in total. The van der Waals surface area contributed by atoms with Gasteiger partial charge in [0.1, 0.15) is 0 Å². The second-order valence-electron chi connectivity index (χ2n) is 5.16. The van der Waals surface area contributed by atoms with E-state index in [2.05, 4.69) is 19.2 Å². The van der Waals surface area contributed by atoms with Crippen molar-refractivity contribution < 1.29 is 4.79 Å². The van der Waals surface area contributed by atoms with E-state index in [-0.39, 0.29) is 6.03 Å². The summed E-state index contributed by atoms with van der Waals surface area (Å²) in [6.45, 7) is 5.42. The second kappa shape index (κ2) is 4.20. The predicted molar refractivity (Wildman–Crippen MR) is 58.2 cm³/mol. The lowest BCUT2D eigenvalue weighted by Gasteiger charge is -2.27. The summed E-state index contributed by atoms with van der Waals surface area (Å²) in [7, 11) is 3.55. The van der Waals surface area contributed by atoms with Crippen molar-refractivity contribution in [3.05, 3.63) is 0 Å². The average Bonchev–Trinajstić information content (AvgIpc) is 2.40. The Morgan fingerprint density at radius 3 is 2.57 bits per heavy atom. The second-order valence-corrected chi connectivity index (χ2v) is 5.16. The van der Waals surface area contributed by atoms with Crippen LogP contribution < -0.4 is 5.32 Å². The van der Waals surface area contributed by atoms with Gasteiger partial charge in [-0.3, -0.25) is 0 Å². The number of nitrogens with one attached hydrogen (secondary N) is 1. The number of hydrogen-bond donors (Lipinski definition) is 1. The van der Waals surface area contributed by atoms with E-state index in [4.69, 9.17) is 0 Å². The van der Waals surface area contributed by atoms with E-state index in [1.165, 1.54) is 19.3 Å². The molecule has 0 saturated heterocycles. The van der Waals surface area contributed by atoms with Gasteiger partial charge >= 0.3 is 6.03 Å². The lowest BCUT2D eigenvalue weighted by Crippen LogP contribution is -2.39. The minimum atomic E-state index is 0.0210.